The average molecular weight is 374 g/mol. The normalized spacial score (nSPS) is 17.5. The molecule has 1 aromatic carbocycles. The Kier molecular flexibility index (Phi) is 6.06. The molecule has 0 saturated carbocycles. The monoisotopic (exact) mass is 373 g/mol. The number of carboxylic acid groups (broad SMARTS) is 1. The molecule has 140 valence electrons. The Morgan fingerprint density at radius 3 is 2.27 bits per heavy atom. The maximum atomic E-state index is 11.9. The van der Waals surface area contributed by atoms with Gasteiger partial charge in [0.05, 0.1) is 10.7 Å². The number of aliphatic carboxylic acids is 1. The molecular formula is C20H27N3O2S. The van der Waals surface area contributed by atoms with Gasteiger partial charge < -0.3 is 5.11 Å². The molecule has 1 aliphatic heterocycles. The molecule has 1 saturated heterocycles. The molecule has 0 aliphatic carbocycles. The van der Waals surface area contributed by atoms with Crippen LogP contribution in [0.4, 0.5) is 0 Å². The van der Waals surface area contributed by atoms with E-state index < -0.39 is 12.0 Å². The van der Waals surface area contributed by atoms with E-state index in [9.17, 15) is 9.90 Å². The fourth-order valence-electron chi connectivity index (χ4n) is 3.46. The Morgan fingerprint density at radius 2 is 1.77 bits per heavy atom. The fraction of sp³-hybridized carbons (Fsp3) is 0.500. The minimum Gasteiger partial charge on any atom is -0.480 e. The van der Waals surface area contributed by atoms with E-state index in [0.29, 0.717) is 5.92 Å². The van der Waals surface area contributed by atoms with Crippen molar-refractivity contribution in [1.29, 1.82) is 0 Å². The molecule has 1 aromatic heterocycles. The number of hydrogen-bond donors (Lipinski definition) is 1. The van der Waals surface area contributed by atoms with Gasteiger partial charge in [-0.25, -0.2) is 4.98 Å². The largest absolute Gasteiger partial charge is 0.480 e. The number of benzene rings is 1. The van der Waals surface area contributed by atoms with Crippen molar-refractivity contribution in [2.24, 2.45) is 0 Å². The van der Waals surface area contributed by atoms with E-state index in [1.165, 1.54) is 5.56 Å². The molecule has 0 amide bonds. The van der Waals surface area contributed by atoms with Crippen LogP contribution in [0, 0.1) is 6.92 Å². The molecule has 1 atom stereocenters. The highest BCUT2D eigenvalue weighted by molar-refractivity contribution is 7.09. The van der Waals surface area contributed by atoms with Gasteiger partial charge in [-0.05, 0) is 24.0 Å². The molecule has 5 nitrogen and oxygen atoms in total. The predicted octanol–water partition coefficient (Wildman–Crippen LogP) is 3.52. The summed E-state index contributed by atoms with van der Waals surface area (Å²) in [6.07, 6.45) is 0. The number of aryl methyl sites for hydroxylation is 1. The van der Waals surface area contributed by atoms with Gasteiger partial charge in [-0.1, -0.05) is 38.1 Å². The van der Waals surface area contributed by atoms with Gasteiger partial charge in [0.1, 0.15) is 6.04 Å². The second-order valence-corrected chi connectivity index (χ2v) is 8.29. The molecule has 1 fully saturated rings. The highest BCUT2D eigenvalue weighted by atomic mass is 32.1. The standard InChI is InChI=1S/C20H27N3O2S/c1-14(2)16-4-6-17(7-5-16)19(20(24)25)23-10-8-22(9-11-23)12-18-13-26-15(3)21-18/h4-7,13-14,19H,8-12H2,1-3H3,(H,24,25)/t19-/m0/s1. The van der Waals surface area contributed by atoms with Crippen molar-refractivity contribution in [2.45, 2.75) is 39.3 Å². The molecule has 2 heterocycles. The number of nitrogens with zero attached hydrogens (tertiary/aromatic N) is 3. The van der Waals surface area contributed by atoms with E-state index in [4.69, 9.17) is 0 Å². The lowest BCUT2D eigenvalue weighted by Crippen LogP contribution is -2.48. The van der Waals surface area contributed by atoms with Crippen LogP contribution in [-0.4, -0.2) is 52.0 Å². The first kappa shape index (κ1) is 19.0. The number of piperazine rings is 1. The quantitative estimate of drug-likeness (QED) is 0.840. The van der Waals surface area contributed by atoms with Crippen molar-refractivity contribution in [1.82, 2.24) is 14.8 Å². The first-order chi connectivity index (χ1) is 12.4. The molecule has 0 spiro atoms. The zero-order chi connectivity index (χ0) is 18.7. The topological polar surface area (TPSA) is 56.7 Å². The highest BCUT2D eigenvalue weighted by Gasteiger charge is 2.30. The Bertz CT molecular complexity index is 734. The molecule has 2 aromatic rings. The van der Waals surface area contributed by atoms with Crippen LogP contribution >= 0.6 is 11.3 Å². The average Bonchev–Trinajstić information content (AvgIpc) is 3.02. The minimum absolute atomic E-state index is 0.449. The highest BCUT2D eigenvalue weighted by Crippen LogP contribution is 2.25. The van der Waals surface area contributed by atoms with Crippen molar-refractivity contribution in [3.63, 3.8) is 0 Å². The van der Waals surface area contributed by atoms with E-state index in [1.807, 2.05) is 19.1 Å². The van der Waals surface area contributed by atoms with Crippen molar-refractivity contribution in [3.05, 3.63) is 51.5 Å². The van der Waals surface area contributed by atoms with Crippen LogP contribution in [0.1, 0.15) is 47.6 Å². The van der Waals surface area contributed by atoms with Crippen LogP contribution in [0.5, 0.6) is 0 Å². The van der Waals surface area contributed by atoms with Crippen LogP contribution in [0.25, 0.3) is 0 Å². The lowest BCUT2D eigenvalue weighted by molar-refractivity contribution is -0.144. The predicted molar refractivity (Wildman–Crippen MR) is 105 cm³/mol. The summed E-state index contributed by atoms with van der Waals surface area (Å²) in [7, 11) is 0. The molecule has 0 unspecified atom stereocenters. The van der Waals surface area contributed by atoms with Gasteiger partial charge in [-0.2, -0.15) is 0 Å². The number of carbonyl (C=O) groups is 1. The van der Waals surface area contributed by atoms with Crippen LogP contribution in [0.2, 0.25) is 0 Å². The summed E-state index contributed by atoms with van der Waals surface area (Å²) in [5.41, 5.74) is 3.21. The summed E-state index contributed by atoms with van der Waals surface area (Å²) in [6.45, 7) is 10.4. The molecule has 3 rings (SSSR count). The molecular weight excluding hydrogens is 346 g/mol. The van der Waals surface area contributed by atoms with Crippen LogP contribution < -0.4 is 0 Å². The zero-order valence-electron chi connectivity index (χ0n) is 15.7. The smallest absolute Gasteiger partial charge is 0.325 e. The maximum absolute atomic E-state index is 11.9. The number of carboxylic acids is 1. The van der Waals surface area contributed by atoms with Gasteiger partial charge in [0.25, 0.3) is 0 Å². The molecule has 1 N–H and O–H groups in total. The lowest BCUT2D eigenvalue weighted by atomic mass is 9.98. The van der Waals surface area contributed by atoms with Gasteiger partial charge in [0.2, 0.25) is 0 Å². The van der Waals surface area contributed by atoms with E-state index >= 15 is 0 Å². The van der Waals surface area contributed by atoms with E-state index in [1.54, 1.807) is 11.3 Å². The van der Waals surface area contributed by atoms with E-state index in [0.717, 1.165) is 49.0 Å². The van der Waals surface area contributed by atoms with E-state index in [2.05, 4.69) is 46.1 Å². The summed E-state index contributed by atoms with van der Waals surface area (Å²) in [4.78, 5) is 20.9. The Labute approximate surface area is 159 Å². The third kappa shape index (κ3) is 4.50. The third-order valence-electron chi connectivity index (χ3n) is 4.98. The Morgan fingerprint density at radius 1 is 1.15 bits per heavy atom. The van der Waals surface area contributed by atoms with Gasteiger partial charge in [-0.15, -0.1) is 11.3 Å². The molecule has 0 radical (unpaired) electrons. The van der Waals surface area contributed by atoms with Gasteiger partial charge in [0, 0.05) is 38.1 Å². The first-order valence-electron chi connectivity index (χ1n) is 9.14. The number of aromatic nitrogens is 1. The van der Waals surface area contributed by atoms with Crippen molar-refractivity contribution in [3.8, 4) is 0 Å². The zero-order valence-corrected chi connectivity index (χ0v) is 16.5. The van der Waals surface area contributed by atoms with Crippen molar-refractivity contribution in [2.75, 3.05) is 26.2 Å². The second-order valence-electron chi connectivity index (χ2n) is 7.23. The summed E-state index contributed by atoms with van der Waals surface area (Å²) < 4.78 is 0. The number of thiazole rings is 1. The van der Waals surface area contributed by atoms with Crippen molar-refractivity contribution >= 4 is 17.3 Å². The van der Waals surface area contributed by atoms with Crippen LogP contribution in [0.3, 0.4) is 0 Å². The Hall–Kier alpha value is -1.76. The van der Waals surface area contributed by atoms with Gasteiger partial charge in [0.15, 0.2) is 0 Å². The summed E-state index contributed by atoms with van der Waals surface area (Å²) in [5, 5.41) is 13.0. The van der Waals surface area contributed by atoms with Crippen molar-refractivity contribution < 1.29 is 9.90 Å². The lowest BCUT2D eigenvalue weighted by Gasteiger charge is -2.37. The Balaban J connectivity index is 1.64. The second kappa shape index (κ2) is 8.29. The van der Waals surface area contributed by atoms with Gasteiger partial charge >= 0.3 is 5.97 Å². The molecule has 0 bridgehead atoms. The van der Waals surface area contributed by atoms with Crippen LogP contribution in [-0.2, 0) is 11.3 Å². The summed E-state index contributed by atoms with van der Waals surface area (Å²) in [5.74, 6) is -0.323. The third-order valence-corrected chi connectivity index (χ3v) is 5.80. The maximum Gasteiger partial charge on any atom is 0.325 e. The molecule has 6 heteroatoms. The SMILES string of the molecule is Cc1nc(CN2CCN([C@H](C(=O)O)c3ccc(C(C)C)cc3)CC2)cs1. The number of hydrogen-bond acceptors (Lipinski definition) is 5. The first-order valence-corrected chi connectivity index (χ1v) is 10.0. The van der Waals surface area contributed by atoms with E-state index in [-0.39, 0.29) is 0 Å². The summed E-state index contributed by atoms with van der Waals surface area (Å²) in [6, 6.07) is 7.48. The molecule has 26 heavy (non-hydrogen) atoms. The number of rotatable bonds is 6. The van der Waals surface area contributed by atoms with Gasteiger partial charge in [-0.3, -0.25) is 14.6 Å². The minimum atomic E-state index is -0.772. The van der Waals surface area contributed by atoms with Crippen LogP contribution in [0.15, 0.2) is 29.6 Å². The summed E-state index contributed by atoms with van der Waals surface area (Å²) >= 11 is 1.68. The molecule has 1 aliphatic rings. The fourth-order valence-corrected chi connectivity index (χ4v) is 4.07.